The second kappa shape index (κ2) is 8.78. The van der Waals surface area contributed by atoms with Gasteiger partial charge in [0, 0.05) is 17.1 Å². The van der Waals surface area contributed by atoms with Gasteiger partial charge in [-0.05, 0) is 55.8 Å². The lowest BCUT2D eigenvalue weighted by Crippen LogP contribution is -2.15. The first-order valence-electron chi connectivity index (χ1n) is 8.36. The van der Waals surface area contributed by atoms with E-state index in [0.29, 0.717) is 27.4 Å². The Kier molecular flexibility index (Phi) is 6.42. The summed E-state index contributed by atoms with van der Waals surface area (Å²) >= 11 is 13.4. The minimum Gasteiger partial charge on any atom is -0.324 e. The molecule has 0 spiro atoms. The summed E-state index contributed by atoms with van der Waals surface area (Å²) in [5.74, 6) is 0.811. The number of carbonyl (C=O) groups excluding carboxylic acids is 1. The summed E-state index contributed by atoms with van der Waals surface area (Å²) in [6, 6.07) is 13.0. The van der Waals surface area contributed by atoms with Crippen molar-refractivity contribution in [1.82, 2.24) is 14.8 Å². The van der Waals surface area contributed by atoms with E-state index < -0.39 is 0 Å². The molecule has 0 radical (unpaired) electrons. The van der Waals surface area contributed by atoms with Gasteiger partial charge in [0.1, 0.15) is 0 Å². The Labute approximate surface area is 172 Å². The van der Waals surface area contributed by atoms with E-state index in [4.69, 9.17) is 23.2 Å². The lowest BCUT2D eigenvalue weighted by Gasteiger charge is -2.09. The molecule has 1 aromatic heterocycles. The minimum absolute atomic E-state index is 0.149. The zero-order valence-electron chi connectivity index (χ0n) is 14.9. The molecule has 2 aromatic carbocycles. The molecule has 140 valence electrons. The van der Waals surface area contributed by atoms with Gasteiger partial charge in [-0.3, -0.25) is 4.79 Å². The van der Waals surface area contributed by atoms with Crippen LogP contribution in [0, 0.1) is 6.92 Å². The smallest absolute Gasteiger partial charge is 0.234 e. The van der Waals surface area contributed by atoms with Crippen molar-refractivity contribution in [2.45, 2.75) is 25.5 Å². The fraction of sp³-hybridized carbons (Fsp3) is 0.211. The first kappa shape index (κ1) is 19.7. The molecular weight excluding hydrogens is 403 g/mol. The summed E-state index contributed by atoms with van der Waals surface area (Å²) in [6.45, 7) is 4.65. The van der Waals surface area contributed by atoms with E-state index in [1.165, 1.54) is 11.8 Å². The highest BCUT2D eigenvalue weighted by atomic mass is 35.5. The zero-order chi connectivity index (χ0) is 19.4. The molecule has 5 nitrogen and oxygen atoms in total. The summed E-state index contributed by atoms with van der Waals surface area (Å²) in [5.41, 5.74) is 2.57. The molecule has 0 fully saturated rings. The van der Waals surface area contributed by atoms with Crippen molar-refractivity contribution in [3.63, 3.8) is 0 Å². The highest BCUT2D eigenvalue weighted by molar-refractivity contribution is 7.99. The van der Waals surface area contributed by atoms with Crippen LogP contribution in [0.2, 0.25) is 10.0 Å². The van der Waals surface area contributed by atoms with Gasteiger partial charge in [0.15, 0.2) is 11.0 Å². The van der Waals surface area contributed by atoms with Crippen LogP contribution in [0.3, 0.4) is 0 Å². The predicted octanol–water partition coefficient (Wildman–Crippen LogP) is 5.31. The summed E-state index contributed by atoms with van der Waals surface area (Å²) in [4.78, 5) is 12.3. The predicted molar refractivity (Wildman–Crippen MR) is 112 cm³/mol. The largest absolute Gasteiger partial charge is 0.324 e. The number of rotatable bonds is 6. The molecule has 0 aliphatic carbocycles. The van der Waals surface area contributed by atoms with E-state index in [0.717, 1.165) is 17.0 Å². The van der Waals surface area contributed by atoms with E-state index in [2.05, 4.69) is 15.5 Å². The molecule has 1 amide bonds. The van der Waals surface area contributed by atoms with Crippen molar-refractivity contribution in [2.75, 3.05) is 11.1 Å². The highest BCUT2D eigenvalue weighted by Crippen LogP contribution is 2.26. The number of thioether (sulfide) groups is 1. The number of halogens is 2. The van der Waals surface area contributed by atoms with Crippen LogP contribution in [0.4, 0.5) is 5.69 Å². The number of aryl methyl sites for hydroxylation is 1. The standard InChI is InChI=1S/C19H18Cl2N4OS/c1-3-25-18(13-5-7-14(20)8-6-13)23-24-19(25)27-11-17(26)22-16-9-4-12(2)10-15(16)21/h4-10H,3,11H2,1-2H3,(H,22,26). The first-order chi connectivity index (χ1) is 13.0. The molecule has 1 heterocycles. The average Bonchev–Trinajstić information content (AvgIpc) is 3.06. The van der Waals surface area contributed by atoms with E-state index in [1.54, 1.807) is 6.07 Å². The number of aromatic nitrogens is 3. The fourth-order valence-electron chi connectivity index (χ4n) is 2.53. The van der Waals surface area contributed by atoms with Gasteiger partial charge in [-0.15, -0.1) is 10.2 Å². The fourth-order valence-corrected chi connectivity index (χ4v) is 3.74. The quantitative estimate of drug-likeness (QED) is 0.548. The summed E-state index contributed by atoms with van der Waals surface area (Å²) < 4.78 is 1.97. The number of hydrogen-bond acceptors (Lipinski definition) is 4. The molecule has 0 aliphatic rings. The molecule has 0 saturated heterocycles. The molecule has 0 unspecified atom stereocenters. The van der Waals surface area contributed by atoms with Crippen LogP contribution in [0.25, 0.3) is 11.4 Å². The molecule has 3 rings (SSSR count). The zero-order valence-corrected chi connectivity index (χ0v) is 17.2. The maximum Gasteiger partial charge on any atom is 0.234 e. The second-order valence-corrected chi connectivity index (χ2v) is 7.66. The van der Waals surface area contributed by atoms with Crippen LogP contribution in [-0.2, 0) is 11.3 Å². The molecule has 0 atom stereocenters. The van der Waals surface area contributed by atoms with E-state index in [1.807, 2.05) is 54.8 Å². The molecule has 1 N–H and O–H groups in total. The Morgan fingerprint density at radius 3 is 2.56 bits per heavy atom. The normalized spacial score (nSPS) is 10.8. The summed E-state index contributed by atoms with van der Waals surface area (Å²) in [6.07, 6.45) is 0. The SMILES string of the molecule is CCn1c(SCC(=O)Nc2ccc(C)cc2Cl)nnc1-c1ccc(Cl)cc1. The van der Waals surface area contributed by atoms with Crippen LogP contribution in [0.1, 0.15) is 12.5 Å². The molecular formula is C19H18Cl2N4OS. The van der Waals surface area contributed by atoms with Crippen LogP contribution in [-0.4, -0.2) is 26.4 Å². The van der Waals surface area contributed by atoms with Crippen LogP contribution >= 0.6 is 35.0 Å². The number of anilines is 1. The molecule has 27 heavy (non-hydrogen) atoms. The average molecular weight is 421 g/mol. The second-order valence-electron chi connectivity index (χ2n) is 5.88. The van der Waals surface area contributed by atoms with Gasteiger partial charge < -0.3 is 9.88 Å². The number of hydrogen-bond donors (Lipinski definition) is 1. The highest BCUT2D eigenvalue weighted by Gasteiger charge is 2.15. The van der Waals surface area contributed by atoms with E-state index in [9.17, 15) is 4.79 Å². The van der Waals surface area contributed by atoms with Crippen molar-refractivity contribution >= 4 is 46.6 Å². The van der Waals surface area contributed by atoms with Crippen LogP contribution < -0.4 is 5.32 Å². The molecule has 8 heteroatoms. The minimum atomic E-state index is -0.149. The van der Waals surface area contributed by atoms with Gasteiger partial charge in [0.2, 0.25) is 5.91 Å². The van der Waals surface area contributed by atoms with Gasteiger partial charge >= 0.3 is 0 Å². The number of carbonyl (C=O) groups is 1. The molecule has 0 aliphatic heterocycles. The van der Waals surface area contributed by atoms with E-state index in [-0.39, 0.29) is 11.7 Å². The van der Waals surface area contributed by atoms with Crippen molar-refractivity contribution in [1.29, 1.82) is 0 Å². The van der Waals surface area contributed by atoms with Gasteiger partial charge in [-0.1, -0.05) is 41.0 Å². The maximum atomic E-state index is 12.3. The van der Waals surface area contributed by atoms with Gasteiger partial charge in [0.05, 0.1) is 16.5 Å². The van der Waals surface area contributed by atoms with E-state index >= 15 is 0 Å². The lowest BCUT2D eigenvalue weighted by atomic mass is 10.2. The number of nitrogens with zero attached hydrogens (tertiary/aromatic N) is 3. The number of amides is 1. The van der Waals surface area contributed by atoms with Crippen molar-refractivity contribution in [2.24, 2.45) is 0 Å². The van der Waals surface area contributed by atoms with Crippen molar-refractivity contribution < 1.29 is 4.79 Å². The Hall–Kier alpha value is -2.02. The third kappa shape index (κ3) is 4.83. The maximum absolute atomic E-state index is 12.3. The number of nitrogens with one attached hydrogen (secondary N) is 1. The summed E-state index contributed by atoms with van der Waals surface area (Å²) in [5, 5.41) is 13.2. The molecule has 3 aromatic rings. The van der Waals surface area contributed by atoms with Gasteiger partial charge in [-0.2, -0.15) is 0 Å². The topological polar surface area (TPSA) is 59.8 Å². The third-order valence-corrected chi connectivity index (χ3v) is 5.40. The molecule has 0 bridgehead atoms. The Balaban J connectivity index is 1.69. The lowest BCUT2D eigenvalue weighted by molar-refractivity contribution is -0.113. The van der Waals surface area contributed by atoms with Crippen LogP contribution in [0.15, 0.2) is 47.6 Å². The van der Waals surface area contributed by atoms with Gasteiger partial charge in [0.25, 0.3) is 0 Å². The van der Waals surface area contributed by atoms with Gasteiger partial charge in [-0.25, -0.2) is 0 Å². The van der Waals surface area contributed by atoms with Crippen molar-refractivity contribution in [3.8, 4) is 11.4 Å². The number of benzene rings is 2. The monoisotopic (exact) mass is 420 g/mol. The molecule has 0 saturated carbocycles. The Bertz CT molecular complexity index is 957. The Morgan fingerprint density at radius 2 is 1.89 bits per heavy atom. The van der Waals surface area contributed by atoms with Crippen LogP contribution in [0.5, 0.6) is 0 Å². The first-order valence-corrected chi connectivity index (χ1v) is 10.1. The third-order valence-electron chi connectivity index (χ3n) is 3.87. The Morgan fingerprint density at radius 1 is 1.15 bits per heavy atom. The van der Waals surface area contributed by atoms with Crippen molar-refractivity contribution in [3.05, 3.63) is 58.1 Å². The summed E-state index contributed by atoms with van der Waals surface area (Å²) in [7, 11) is 0.